The topological polar surface area (TPSA) is 9.23 Å². The fourth-order valence-corrected chi connectivity index (χ4v) is 5.53. The molecule has 0 amide bonds. The van der Waals surface area contributed by atoms with Crippen LogP contribution in [0.15, 0.2) is 42.0 Å². The third-order valence-corrected chi connectivity index (χ3v) is 6.65. The Morgan fingerprint density at radius 1 is 1.18 bits per heavy atom. The lowest BCUT2D eigenvalue weighted by atomic mass is 9.67. The molecule has 118 valence electrons. The number of allylic oxidation sites excluding steroid dienone is 2. The number of benzene rings is 1. The lowest BCUT2D eigenvalue weighted by Crippen LogP contribution is -2.33. The number of fused-ring (bicyclic) bond motifs is 3. The highest BCUT2D eigenvalue weighted by atomic mass is 16.5. The second kappa shape index (κ2) is 5.53. The molecule has 0 radical (unpaired) electrons. The molecule has 5 atom stereocenters. The predicted molar refractivity (Wildman–Crippen MR) is 90.4 cm³/mol. The van der Waals surface area contributed by atoms with E-state index >= 15 is 0 Å². The first-order chi connectivity index (χ1) is 10.7. The van der Waals surface area contributed by atoms with E-state index in [9.17, 15) is 0 Å². The van der Waals surface area contributed by atoms with E-state index in [-0.39, 0.29) is 0 Å². The van der Waals surface area contributed by atoms with Gasteiger partial charge in [0, 0.05) is 0 Å². The third-order valence-electron chi connectivity index (χ3n) is 6.65. The molecule has 0 heterocycles. The largest absolute Gasteiger partial charge is 0.373 e. The molecule has 3 aliphatic carbocycles. The summed E-state index contributed by atoms with van der Waals surface area (Å²) >= 11 is 0. The van der Waals surface area contributed by atoms with Gasteiger partial charge in [0.1, 0.15) is 0 Å². The monoisotopic (exact) mass is 296 g/mol. The molecule has 0 unspecified atom stereocenters. The first kappa shape index (κ1) is 14.5. The smallest absolute Gasteiger partial charge is 0.0720 e. The zero-order valence-electron chi connectivity index (χ0n) is 13.9. The summed E-state index contributed by atoms with van der Waals surface area (Å²) < 4.78 is 6.41. The van der Waals surface area contributed by atoms with Crippen molar-refractivity contribution in [2.75, 3.05) is 0 Å². The summed E-state index contributed by atoms with van der Waals surface area (Å²) in [7, 11) is 0. The first-order valence-corrected chi connectivity index (χ1v) is 8.97. The molecule has 1 aromatic rings. The molecule has 4 rings (SSSR count). The maximum Gasteiger partial charge on any atom is 0.0720 e. The van der Waals surface area contributed by atoms with Gasteiger partial charge in [-0.05, 0) is 67.8 Å². The Labute approximate surface area is 134 Å². The zero-order valence-corrected chi connectivity index (χ0v) is 13.9. The van der Waals surface area contributed by atoms with Gasteiger partial charge in [-0.25, -0.2) is 0 Å². The molecule has 0 spiro atoms. The van der Waals surface area contributed by atoms with Crippen LogP contribution in [0, 0.1) is 23.2 Å². The van der Waals surface area contributed by atoms with E-state index < -0.39 is 0 Å². The quantitative estimate of drug-likeness (QED) is 0.682. The van der Waals surface area contributed by atoms with Gasteiger partial charge in [-0.3, -0.25) is 0 Å². The highest BCUT2D eigenvalue weighted by Crippen LogP contribution is 2.62. The van der Waals surface area contributed by atoms with E-state index in [1.54, 1.807) is 5.57 Å². The van der Waals surface area contributed by atoms with Crippen molar-refractivity contribution in [1.29, 1.82) is 0 Å². The van der Waals surface area contributed by atoms with Crippen LogP contribution in [0.3, 0.4) is 0 Å². The molecule has 0 aliphatic heterocycles. The van der Waals surface area contributed by atoms with Gasteiger partial charge in [0.05, 0.1) is 12.7 Å². The van der Waals surface area contributed by atoms with Crippen molar-refractivity contribution in [3.05, 3.63) is 47.5 Å². The van der Waals surface area contributed by atoms with Crippen LogP contribution in [0.5, 0.6) is 0 Å². The molecule has 0 aromatic heterocycles. The molecule has 1 heteroatoms. The minimum absolute atomic E-state index is 0.489. The predicted octanol–water partition coefficient (Wildman–Crippen LogP) is 5.36. The summed E-state index contributed by atoms with van der Waals surface area (Å²) in [5.74, 6) is 2.57. The van der Waals surface area contributed by atoms with Crippen molar-refractivity contribution in [2.45, 2.75) is 58.7 Å². The van der Waals surface area contributed by atoms with Gasteiger partial charge in [0.2, 0.25) is 0 Å². The van der Waals surface area contributed by atoms with Gasteiger partial charge in [-0.15, -0.1) is 0 Å². The third kappa shape index (κ3) is 2.44. The lowest BCUT2D eigenvalue weighted by molar-refractivity contribution is -0.0121. The molecular formula is C21H28O. The fraction of sp³-hybridized carbons (Fsp3) is 0.619. The maximum absolute atomic E-state index is 6.41. The highest BCUT2D eigenvalue weighted by molar-refractivity contribution is 5.17. The van der Waals surface area contributed by atoms with Crippen molar-refractivity contribution >= 4 is 0 Å². The van der Waals surface area contributed by atoms with Gasteiger partial charge in [0.25, 0.3) is 0 Å². The van der Waals surface area contributed by atoms with Crippen LogP contribution >= 0.6 is 0 Å². The number of hydrogen-bond acceptors (Lipinski definition) is 1. The Bertz CT molecular complexity index is 561. The van der Waals surface area contributed by atoms with E-state index in [0.717, 1.165) is 24.4 Å². The number of ether oxygens (including phenoxy) is 1. The van der Waals surface area contributed by atoms with Crippen molar-refractivity contribution < 1.29 is 4.74 Å². The minimum Gasteiger partial charge on any atom is -0.373 e. The van der Waals surface area contributed by atoms with Crippen LogP contribution in [0.2, 0.25) is 0 Å². The summed E-state index contributed by atoms with van der Waals surface area (Å²) in [6.45, 7) is 5.64. The molecule has 1 nitrogen and oxygen atoms in total. The van der Waals surface area contributed by atoms with Crippen LogP contribution < -0.4 is 0 Å². The van der Waals surface area contributed by atoms with Crippen molar-refractivity contribution in [2.24, 2.45) is 23.2 Å². The molecule has 2 fully saturated rings. The highest BCUT2D eigenvalue weighted by Gasteiger charge is 2.56. The Hall–Kier alpha value is -1.08. The molecule has 1 aromatic carbocycles. The zero-order chi connectivity index (χ0) is 15.2. The summed E-state index contributed by atoms with van der Waals surface area (Å²) in [6, 6.07) is 10.7. The average Bonchev–Trinajstić information content (AvgIpc) is 3.03. The minimum atomic E-state index is 0.489. The van der Waals surface area contributed by atoms with Crippen LogP contribution in [0.1, 0.15) is 51.5 Å². The van der Waals surface area contributed by atoms with E-state index in [1.807, 2.05) is 0 Å². The molecule has 0 bridgehead atoms. The van der Waals surface area contributed by atoms with Gasteiger partial charge in [-0.2, -0.15) is 0 Å². The SMILES string of the molecule is CC1=CC[C@@]2(C)C[C@@H]3CC[C@H](OCc4ccccc4)[C@@H]3[C@H]2C1. The molecule has 22 heavy (non-hydrogen) atoms. The van der Waals surface area contributed by atoms with Crippen LogP contribution in [-0.2, 0) is 11.3 Å². The Morgan fingerprint density at radius 2 is 2.00 bits per heavy atom. The standard InChI is InChI=1S/C21H28O/c1-15-10-11-21(2)13-17-8-9-19(20(17)18(21)12-15)22-14-16-6-4-3-5-7-16/h3-7,10,17-20H,8-9,11-14H2,1-2H3/t17-,18+,19-,20-,21-/m0/s1. The van der Waals surface area contributed by atoms with Crippen molar-refractivity contribution in [1.82, 2.24) is 0 Å². The summed E-state index contributed by atoms with van der Waals surface area (Å²) in [4.78, 5) is 0. The Kier molecular flexibility index (Phi) is 3.64. The molecule has 3 aliphatic rings. The molecule has 0 saturated heterocycles. The lowest BCUT2D eigenvalue weighted by Gasteiger charge is -2.39. The maximum atomic E-state index is 6.41. The van der Waals surface area contributed by atoms with E-state index in [0.29, 0.717) is 11.5 Å². The van der Waals surface area contributed by atoms with E-state index in [4.69, 9.17) is 4.74 Å². The van der Waals surface area contributed by atoms with Gasteiger partial charge in [0.15, 0.2) is 0 Å². The number of rotatable bonds is 3. The molecule has 0 N–H and O–H groups in total. The summed E-state index contributed by atoms with van der Waals surface area (Å²) in [5, 5.41) is 0. The van der Waals surface area contributed by atoms with E-state index in [1.165, 1.54) is 37.7 Å². The van der Waals surface area contributed by atoms with E-state index in [2.05, 4.69) is 50.3 Å². The number of hydrogen-bond donors (Lipinski definition) is 0. The van der Waals surface area contributed by atoms with Crippen LogP contribution in [0.4, 0.5) is 0 Å². The van der Waals surface area contributed by atoms with Crippen LogP contribution in [0.25, 0.3) is 0 Å². The first-order valence-electron chi connectivity index (χ1n) is 8.97. The van der Waals surface area contributed by atoms with Gasteiger partial charge >= 0.3 is 0 Å². The fourth-order valence-electron chi connectivity index (χ4n) is 5.53. The molecular weight excluding hydrogens is 268 g/mol. The average molecular weight is 296 g/mol. The normalized spacial score (nSPS) is 40.2. The Morgan fingerprint density at radius 3 is 2.82 bits per heavy atom. The van der Waals surface area contributed by atoms with Crippen molar-refractivity contribution in [3.63, 3.8) is 0 Å². The second-order valence-electron chi connectivity index (χ2n) is 8.17. The van der Waals surface area contributed by atoms with Crippen molar-refractivity contribution in [3.8, 4) is 0 Å². The second-order valence-corrected chi connectivity index (χ2v) is 8.17. The summed E-state index contributed by atoms with van der Waals surface area (Å²) in [5.41, 5.74) is 3.46. The molecule has 2 saturated carbocycles. The van der Waals surface area contributed by atoms with Crippen LogP contribution in [-0.4, -0.2) is 6.10 Å². The summed E-state index contributed by atoms with van der Waals surface area (Å²) in [6.07, 6.45) is 9.68. The van der Waals surface area contributed by atoms with Gasteiger partial charge < -0.3 is 4.74 Å². The Balaban J connectivity index is 1.48. The van der Waals surface area contributed by atoms with Gasteiger partial charge in [-0.1, -0.05) is 48.9 Å².